The molecular weight excluding hydrogens is 1770 g/mol. The zero-order chi connectivity index (χ0) is 110. The van der Waals surface area contributed by atoms with Gasteiger partial charge in [0.2, 0.25) is 0 Å². The summed E-state index contributed by atoms with van der Waals surface area (Å²) in [6.07, 6.45) is 64.1. The van der Waals surface area contributed by atoms with Crippen molar-refractivity contribution in [2.75, 3.05) is 21.1 Å². The molecule has 0 heterocycles. The van der Waals surface area contributed by atoms with Gasteiger partial charge in [-0.15, -0.1) is 0 Å². The lowest BCUT2D eigenvalue weighted by Crippen LogP contribution is -2.38. The van der Waals surface area contributed by atoms with Crippen LogP contribution in [-0.4, -0.2) is 45.3 Å². The lowest BCUT2D eigenvalue weighted by molar-refractivity contribution is 0.158. The summed E-state index contributed by atoms with van der Waals surface area (Å²) in [7, 11) is 6.25. The second-order valence-electron chi connectivity index (χ2n) is 58.1. The van der Waals surface area contributed by atoms with Crippen molar-refractivity contribution in [3.05, 3.63) is 108 Å². The highest BCUT2D eigenvalue weighted by atomic mass is 14.9. The highest BCUT2D eigenvalue weighted by Gasteiger charge is 2.36. The minimum Gasteiger partial charge on any atom is -0.327 e. The minimum absolute atomic E-state index is 0.408. The first-order chi connectivity index (χ1) is 69.6. The summed E-state index contributed by atoms with van der Waals surface area (Å²) in [5.41, 5.74) is 10.8. The molecule has 0 aromatic heterocycles. The van der Waals surface area contributed by atoms with Crippen LogP contribution in [0, 0.1) is 225 Å². The molecule has 4 nitrogen and oxygen atoms in total. The quantitative estimate of drug-likeness (QED) is 0.0858. The van der Waals surface area contributed by atoms with Gasteiger partial charge in [0.25, 0.3) is 0 Å². The normalized spacial score (nSPS) is 33.6. The van der Waals surface area contributed by atoms with Crippen LogP contribution < -0.4 is 21.7 Å². The molecule has 12 aliphatic carbocycles. The van der Waals surface area contributed by atoms with Gasteiger partial charge in [0, 0.05) is 24.2 Å². The number of nitrogens with one attached hydrogen (secondary N) is 3. The summed E-state index contributed by atoms with van der Waals surface area (Å²) in [5.74, 6) is 35.8. The van der Waals surface area contributed by atoms with Crippen LogP contribution in [0.2, 0.25) is 0 Å². The van der Waals surface area contributed by atoms with Gasteiger partial charge >= 0.3 is 0 Å². The van der Waals surface area contributed by atoms with Gasteiger partial charge in [0.1, 0.15) is 0 Å². The van der Waals surface area contributed by atoms with Crippen LogP contribution in [0.3, 0.4) is 0 Å². The van der Waals surface area contributed by atoms with Crippen LogP contribution in [0.1, 0.15) is 529 Å². The van der Waals surface area contributed by atoms with Crippen molar-refractivity contribution < 1.29 is 0 Å². The van der Waals surface area contributed by atoms with E-state index in [1.54, 1.807) is 0 Å². The molecule has 147 heavy (non-hydrogen) atoms. The molecule has 0 aliphatic heterocycles. The Morgan fingerprint density at radius 2 is 0.374 bits per heavy atom. The van der Waals surface area contributed by atoms with E-state index in [4.69, 9.17) is 5.73 Å². The van der Waals surface area contributed by atoms with Crippen molar-refractivity contribution >= 4 is 0 Å². The molecule has 0 spiro atoms. The Morgan fingerprint density at radius 1 is 0.190 bits per heavy atom. The molecule has 18 atom stereocenters. The molecule has 858 valence electrons. The molecule has 12 saturated carbocycles. The average molecular weight is 2040 g/mol. The maximum atomic E-state index is 6.29. The van der Waals surface area contributed by atoms with Gasteiger partial charge in [-0.3, -0.25) is 0 Å². The summed E-state index contributed by atoms with van der Waals surface area (Å²) < 4.78 is 0. The number of hydrogen-bond acceptors (Lipinski definition) is 4. The first-order valence-electron chi connectivity index (χ1n) is 65.5. The fourth-order valence-electron chi connectivity index (χ4n) is 29.7. The highest BCUT2D eigenvalue weighted by Crippen LogP contribution is 2.46. The minimum atomic E-state index is 0.408. The SMILES string of the molecule is CC(C)C1CCC(C)C(Cc2ccccc2)C1.CC(C)C1CC[C@@H](C)C[C@@H]1C.CC(C)C1CC[C@@H](C)C[C@H]1C.CC(C)C1CC[C@@H](C)[C@H](Cc2ccccc2)C1.CC(C)C1CC[C@@H](N)[C@@H](Cc2ccccc2)C1.CC1CCC(C(C)C)C(C)C1.CC1CCC(C(C)C)CC1.CC1CCC(C(C)C)CC1.CC1CCC(C(C)C)CC1.CNC1CCC(C(C)C)CC1.CNC1CCC(C(C)C)CC1.CNC1CCC(C(C)C)CC1. The standard InChI is InChI=1S/2C17H26.C16H25N.3C11H22.3C10H21N.3C10H20/c2*1-13(2)16-10-9-14(3)17(12-16)11-15-7-5-4-6-8-15;1-12(2)14-8-9-16(17)15(11-14)10-13-6-4-3-5-7-13;3*1-8(2)11-6-5-9(3)7-10(11)4;3*1-8(2)9-4-6-10(11-3)7-5-9;3*1-8(2)10-6-4-9(3)5-7-10/h2*4-8,13-14,16-17H,9-12H2,1-3H3;3-7,12,14-16H,8-11,17H2,1-2H3;3*8-11H,5-7H2,1-4H3;3*8-11H,4-7H2,1-3H3;3*8-10H,4-7H2,1-3H3/t14-,16?,17-;;14?,15-,16+;9-,10+,11?;9-,10-,11?;;;;;;;/m1.011......./s1. The second kappa shape index (κ2) is 76.2. The molecule has 4 heteroatoms. The smallest absolute Gasteiger partial charge is 0.00705 e. The Bertz CT molecular complexity index is 3120. The van der Waals surface area contributed by atoms with Crippen LogP contribution in [-0.2, 0) is 19.3 Å². The lowest BCUT2D eigenvalue weighted by Gasteiger charge is -2.36. The van der Waals surface area contributed by atoms with Crippen molar-refractivity contribution in [1.82, 2.24) is 16.0 Å². The maximum Gasteiger partial charge on any atom is 0.00705 e. The third kappa shape index (κ3) is 56.5. The lowest BCUT2D eigenvalue weighted by atomic mass is 9.69. The van der Waals surface area contributed by atoms with Crippen molar-refractivity contribution in [1.29, 1.82) is 0 Å². The van der Waals surface area contributed by atoms with Crippen LogP contribution in [0.5, 0.6) is 0 Å². The van der Waals surface area contributed by atoms with Crippen LogP contribution >= 0.6 is 0 Å². The molecule has 0 amide bonds. The number of benzene rings is 3. The predicted molar refractivity (Wildman–Crippen MR) is 662 cm³/mol. The molecule has 12 aliphatic rings. The Morgan fingerprint density at radius 3 is 0.571 bits per heavy atom. The molecule has 15 rings (SSSR count). The molecule has 10 unspecified atom stereocenters. The summed E-state index contributed by atoms with van der Waals surface area (Å²) in [5, 5.41) is 10.1. The van der Waals surface area contributed by atoms with Gasteiger partial charge in [-0.25, -0.2) is 0 Å². The third-order valence-electron chi connectivity index (χ3n) is 42.2. The van der Waals surface area contributed by atoms with E-state index < -0.39 is 0 Å². The van der Waals surface area contributed by atoms with Crippen molar-refractivity contribution in [2.24, 2.45) is 231 Å². The molecule has 0 saturated heterocycles. The Labute approximate surface area is 924 Å². The van der Waals surface area contributed by atoms with Gasteiger partial charge < -0.3 is 21.7 Å². The predicted octanol–water partition coefficient (Wildman–Crippen LogP) is 42.3. The zero-order valence-electron chi connectivity index (χ0n) is 106. The molecule has 0 bridgehead atoms. The molecule has 5 N–H and O–H groups in total. The monoisotopic (exact) mass is 2040 g/mol. The Kier molecular flexibility index (Phi) is 70.9. The van der Waals surface area contributed by atoms with E-state index in [1.165, 1.54) is 299 Å². The largest absolute Gasteiger partial charge is 0.327 e. The van der Waals surface area contributed by atoms with Crippen molar-refractivity contribution in [2.45, 2.75) is 555 Å². The highest BCUT2D eigenvalue weighted by molar-refractivity contribution is 5.18. The summed E-state index contributed by atoms with van der Waals surface area (Å²) in [6, 6.07) is 35.7. The van der Waals surface area contributed by atoms with E-state index in [1.807, 2.05) is 0 Å². The second-order valence-corrected chi connectivity index (χ2v) is 58.1. The first-order valence-corrected chi connectivity index (χ1v) is 65.5. The van der Waals surface area contributed by atoms with E-state index in [2.05, 4.69) is 370 Å². The van der Waals surface area contributed by atoms with Gasteiger partial charge in [0.15, 0.2) is 0 Å². The van der Waals surface area contributed by atoms with E-state index >= 15 is 0 Å². The third-order valence-corrected chi connectivity index (χ3v) is 42.2. The topological polar surface area (TPSA) is 62.1 Å². The molecule has 3 aromatic carbocycles. The van der Waals surface area contributed by atoms with Crippen molar-refractivity contribution in [3.8, 4) is 0 Å². The van der Waals surface area contributed by atoms with E-state index in [-0.39, 0.29) is 0 Å². The van der Waals surface area contributed by atoms with Crippen LogP contribution in [0.15, 0.2) is 91.0 Å². The summed E-state index contributed by atoms with van der Waals surface area (Å²) in [4.78, 5) is 0. The molecule has 0 radical (unpaired) electrons. The Balaban J connectivity index is 0.000000336. The first kappa shape index (κ1) is 137. The summed E-state index contributed by atoms with van der Waals surface area (Å²) in [6.45, 7) is 83.3. The molecular formula is C143H266N4. The fourth-order valence-corrected chi connectivity index (χ4v) is 29.7. The molecule has 3 aromatic rings. The van der Waals surface area contributed by atoms with Crippen LogP contribution in [0.4, 0.5) is 0 Å². The number of rotatable bonds is 21. The van der Waals surface area contributed by atoms with E-state index in [0.717, 1.165) is 244 Å². The fraction of sp³-hybridized carbons (Fsp3) is 0.874. The van der Waals surface area contributed by atoms with E-state index in [0.29, 0.717) is 12.0 Å². The Hall–Kier alpha value is -2.50. The van der Waals surface area contributed by atoms with E-state index in [9.17, 15) is 0 Å². The number of hydrogen-bond donors (Lipinski definition) is 4. The maximum absolute atomic E-state index is 6.29. The zero-order valence-corrected chi connectivity index (χ0v) is 106. The van der Waals surface area contributed by atoms with Crippen LogP contribution in [0.25, 0.3) is 0 Å². The van der Waals surface area contributed by atoms with Gasteiger partial charge in [-0.2, -0.15) is 0 Å². The van der Waals surface area contributed by atoms with Gasteiger partial charge in [0.05, 0.1) is 0 Å². The molecule has 12 fully saturated rings. The summed E-state index contributed by atoms with van der Waals surface area (Å²) >= 11 is 0. The van der Waals surface area contributed by atoms with Gasteiger partial charge in [-0.1, -0.05) is 404 Å². The van der Waals surface area contributed by atoms with Crippen molar-refractivity contribution in [3.63, 3.8) is 0 Å². The van der Waals surface area contributed by atoms with Gasteiger partial charge in [-0.05, 0) is 481 Å². The average Bonchev–Trinajstić information content (AvgIpc) is 0.851. The number of nitrogens with two attached hydrogens (primary N) is 1.